The molecule has 0 bridgehead atoms. The maximum absolute atomic E-state index is 10.9. The van der Waals surface area contributed by atoms with Crippen molar-refractivity contribution in [1.29, 1.82) is 0 Å². The van der Waals surface area contributed by atoms with E-state index in [-0.39, 0.29) is 10.6 Å². The number of nitrogens with two attached hydrogens (primary N) is 1. The Bertz CT molecular complexity index is 465. The monoisotopic (exact) mass is 295 g/mol. The summed E-state index contributed by atoms with van der Waals surface area (Å²) in [5.74, 6) is 5.49. The summed E-state index contributed by atoms with van der Waals surface area (Å²) in [6.07, 6.45) is 1.06. The lowest BCUT2D eigenvalue weighted by molar-refractivity contribution is -0.384. The van der Waals surface area contributed by atoms with Gasteiger partial charge in [0.1, 0.15) is 0 Å². The molecule has 0 unspecified atom stereocenters. The van der Waals surface area contributed by atoms with Crippen molar-refractivity contribution in [2.45, 2.75) is 19.9 Å². The maximum atomic E-state index is 10.9. The first-order chi connectivity index (χ1) is 9.97. The fourth-order valence-electron chi connectivity index (χ4n) is 2.17. The van der Waals surface area contributed by atoms with Crippen molar-refractivity contribution in [1.82, 2.24) is 9.80 Å². The van der Waals surface area contributed by atoms with E-state index in [0.717, 1.165) is 37.3 Å². The number of hydrazine groups is 1. The zero-order valence-corrected chi connectivity index (χ0v) is 13.0. The van der Waals surface area contributed by atoms with E-state index >= 15 is 0 Å². The van der Waals surface area contributed by atoms with Gasteiger partial charge >= 0.3 is 0 Å². The van der Waals surface area contributed by atoms with Crippen molar-refractivity contribution in [2.75, 3.05) is 39.2 Å². The summed E-state index contributed by atoms with van der Waals surface area (Å²) in [4.78, 5) is 14.9. The van der Waals surface area contributed by atoms with E-state index in [9.17, 15) is 10.1 Å². The van der Waals surface area contributed by atoms with Gasteiger partial charge in [0.15, 0.2) is 0 Å². The van der Waals surface area contributed by atoms with Crippen LogP contribution in [0.15, 0.2) is 18.2 Å². The van der Waals surface area contributed by atoms with Crippen molar-refractivity contribution >= 4 is 11.4 Å². The number of nitro groups is 1. The Morgan fingerprint density at radius 1 is 1.33 bits per heavy atom. The van der Waals surface area contributed by atoms with Gasteiger partial charge in [-0.3, -0.25) is 20.9 Å². The number of rotatable bonds is 9. The molecule has 0 fully saturated rings. The highest BCUT2D eigenvalue weighted by atomic mass is 16.6. The molecular formula is C14H25N5O2. The normalized spacial score (nSPS) is 11.1. The quantitative estimate of drug-likeness (QED) is 0.409. The van der Waals surface area contributed by atoms with Crippen LogP contribution in [0.5, 0.6) is 0 Å². The highest BCUT2D eigenvalue weighted by Crippen LogP contribution is 2.23. The summed E-state index contributed by atoms with van der Waals surface area (Å²) in [6, 6.07) is 4.70. The van der Waals surface area contributed by atoms with E-state index in [2.05, 4.69) is 22.1 Å². The second kappa shape index (κ2) is 8.56. The molecule has 1 aromatic carbocycles. The minimum Gasteiger partial charge on any atom is -0.324 e. The van der Waals surface area contributed by atoms with Crippen LogP contribution >= 0.6 is 0 Å². The topological polar surface area (TPSA) is 87.7 Å². The molecule has 0 heterocycles. The highest BCUT2D eigenvalue weighted by molar-refractivity contribution is 5.55. The minimum absolute atomic E-state index is 0.0911. The molecule has 0 spiro atoms. The Kier molecular flexibility index (Phi) is 7.07. The number of hydrogen-bond donors (Lipinski definition) is 2. The fourth-order valence-corrected chi connectivity index (χ4v) is 2.17. The van der Waals surface area contributed by atoms with Crippen molar-refractivity contribution in [3.63, 3.8) is 0 Å². The number of benzene rings is 1. The Balaban J connectivity index is 2.77. The molecule has 0 aliphatic carbocycles. The first kappa shape index (κ1) is 17.4. The van der Waals surface area contributed by atoms with Crippen LogP contribution in [-0.2, 0) is 6.54 Å². The first-order valence-electron chi connectivity index (χ1n) is 7.09. The number of nitrogens with zero attached hydrogens (tertiary/aromatic N) is 3. The molecular weight excluding hydrogens is 270 g/mol. The Hall–Kier alpha value is -1.70. The van der Waals surface area contributed by atoms with E-state index in [0.29, 0.717) is 6.54 Å². The molecule has 0 radical (unpaired) electrons. The van der Waals surface area contributed by atoms with Crippen molar-refractivity contribution in [3.8, 4) is 0 Å². The molecule has 0 amide bonds. The predicted octanol–water partition coefficient (Wildman–Crippen LogP) is 1.65. The van der Waals surface area contributed by atoms with Gasteiger partial charge in [0.25, 0.3) is 5.69 Å². The third-order valence-electron chi connectivity index (χ3n) is 3.38. The third-order valence-corrected chi connectivity index (χ3v) is 3.38. The van der Waals surface area contributed by atoms with Gasteiger partial charge in [0.05, 0.1) is 10.6 Å². The van der Waals surface area contributed by atoms with Crippen LogP contribution < -0.4 is 11.3 Å². The van der Waals surface area contributed by atoms with Crippen LogP contribution in [0.1, 0.15) is 18.9 Å². The van der Waals surface area contributed by atoms with Gasteiger partial charge in [-0.1, -0.05) is 6.92 Å². The van der Waals surface area contributed by atoms with Gasteiger partial charge in [0, 0.05) is 18.7 Å². The van der Waals surface area contributed by atoms with Gasteiger partial charge in [-0.25, -0.2) is 0 Å². The van der Waals surface area contributed by atoms with Gasteiger partial charge in [-0.2, -0.15) is 0 Å². The minimum atomic E-state index is -0.383. The summed E-state index contributed by atoms with van der Waals surface area (Å²) >= 11 is 0. The average molecular weight is 295 g/mol. The largest absolute Gasteiger partial charge is 0.324 e. The van der Waals surface area contributed by atoms with Gasteiger partial charge < -0.3 is 10.3 Å². The smallest absolute Gasteiger partial charge is 0.269 e. The highest BCUT2D eigenvalue weighted by Gasteiger charge is 2.13. The molecule has 7 heteroatoms. The second-order valence-electron chi connectivity index (χ2n) is 5.27. The van der Waals surface area contributed by atoms with Gasteiger partial charge in [-0.15, -0.1) is 0 Å². The van der Waals surface area contributed by atoms with Crippen molar-refractivity contribution < 1.29 is 4.92 Å². The van der Waals surface area contributed by atoms with E-state index in [1.54, 1.807) is 12.1 Å². The third kappa shape index (κ3) is 5.66. The lowest BCUT2D eigenvalue weighted by atomic mass is 10.1. The number of non-ortho nitro benzene ring substituents is 1. The lowest BCUT2D eigenvalue weighted by Crippen LogP contribution is -2.27. The van der Waals surface area contributed by atoms with Crippen LogP contribution in [0.3, 0.4) is 0 Å². The zero-order chi connectivity index (χ0) is 15.8. The lowest BCUT2D eigenvalue weighted by Gasteiger charge is -2.22. The molecule has 7 nitrogen and oxygen atoms in total. The van der Waals surface area contributed by atoms with Crippen molar-refractivity contribution in [2.24, 2.45) is 5.84 Å². The predicted molar refractivity (Wildman–Crippen MR) is 85.0 cm³/mol. The number of nitrogens with one attached hydrogen (secondary N) is 1. The summed E-state index contributed by atoms with van der Waals surface area (Å²) in [5, 5.41) is 10.9. The SMILES string of the molecule is CCN(CCCN(C)C)Cc1cc([N+](=O)[O-])ccc1NN. The van der Waals surface area contributed by atoms with E-state index in [4.69, 9.17) is 5.84 Å². The second-order valence-corrected chi connectivity index (χ2v) is 5.27. The number of nitro benzene ring substituents is 1. The van der Waals surface area contributed by atoms with E-state index < -0.39 is 0 Å². The Morgan fingerprint density at radius 3 is 2.57 bits per heavy atom. The molecule has 3 N–H and O–H groups in total. The fraction of sp³-hybridized carbons (Fsp3) is 0.571. The zero-order valence-electron chi connectivity index (χ0n) is 13.0. The summed E-state index contributed by atoms with van der Waals surface area (Å²) in [6.45, 7) is 5.59. The molecule has 21 heavy (non-hydrogen) atoms. The van der Waals surface area contributed by atoms with Gasteiger partial charge in [0.2, 0.25) is 0 Å². The van der Waals surface area contributed by atoms with Crippen LogP contribution in [0, 0.1) is 10.1 Å². The number of nitrogen functional groups attached to an aromatic ring is 1. The Morgan fingerprint density at radius 2 is 2.05 bits per heavy atom. The van der Waals surface area contributed by atoms with Crippen LogP contribution in [-0.4, -0.2) is 48.5 Å². The Labute approximate surface area is 125 Å². The molecule has 0 aliphatic heterocycles. The molecule has 0 atom stereocenters. The van der Waals surface area contributed by atoms with Crippen LogP contribution in [0.4, 0.5) is 11.4 Å². The molecule has 0 saturated heterocycles. The molecule has 1 aromatic rings. The molecule has 118 valence electrons. The summed E-state index contributed by atoms with van der Waals surface area (Å²) in [5.41, 5.74) is 4.27. The van der Waals surface area contributed by atoms with E-state index in [1.165, 1.54) is 6.07 Å². The molecule has 0 aliphatic rings. The number of anilines is 1. The van der Waals surface area contributed by atoms with Crippen LogP contribution in [0.25, 0.3) is 0 Å². The van der Waals surface area contributed by atoms with Gasteiger partial charge in [-0.05, 0) is 51.8 Å². The first-order valence-corrected chi connectivity index (χ1v) is 7.09. The number of hydrogen-bond acceptors (Lipinski definition) is 6. The molecule has 0 saturated carbocycles. The van der Waals surface area contributed by atoms with Crippen molar-refractivity contribution in [3.05, 3.63) is 33.9 Å². The maximum Gasteiger partial charge on any atom is 0.269 e. The molecule has 1 rings (SSSR count). The average Bonchev–Trinajstić information content (AvgIpc) is 2.45. The van der Waals surface area contributed by atoms with Crippen LogP contribution in [0.2, 0.25) is 0 Å². The summed E-state index contributed by atoms with van der Waals surface area (Å²) < 4.78 is 0. The van der Waals surface area contributed by atoms with E-state index in [1.807, 2.05) is 14.1 Å². The standard InChI is InChI=1S/C14H25N5O2/c1-4-18(9-5-8-17(2)3)11-12-10-13(19(20)21)6-7-14(12)16-15/h6-7,10,16H,4-5,8-9,11,15H2,1-3H3. The molecule has 0 aromatic heterocycles. The summed E-state index contributed by atoms with van der Waals surface area (Å²) in [7, 11) is 4.10.